The molecule has 0 unspecified atom stereocenters. The van der Waals surface area contributed by atoms with Crippen LogP contribution in [0.3, 0.4) is 0 Å². The van der Waals surface area contributed by atoms with Crippen molar-refractivity contribution in [1.82, 2.24) is 4.98 Å². The van der Waals surface area contributed by atoms with Crippen LogP contribution in [0.2, 0.25) is 5.02 Å². The molecule has 2 rings (SSSR count). The topological polar surface area (TPSA) is 30.0 Å². The van der Waals surface area contributed by atoms with Crippen LogP contribution < -0.4 is 0 Å². The summed E-state index contributed by atoms with van der Waals surface area (Å²) in [6, 6.07) is 4.23. The number of aromatic nitrogens is 1. The quantitative estimate of drug-likeness (QED) is 0.754. The lowest BCUT2D eigenvalue weighted by atomic mass is 10.2. The molecular weight excluding hydrogens is 237 g/mol. The lowest BCUT2D eigenvalue weighted by Crippen LogP contribution is -1.84. The fourth-order valence-electron chi connectivity index (χ4n) is 1.13. The molecular formula is C10H5ClFNOS. The van der Waals surface area contributed by atoms with Crippen molar-refractivity contribution in [3.63, 3.8) is 0 Å². The Labute approximate surface area is 94.3 Å². The number of rotatable bonds is 2. The Morgan fingerprint density at radius 1 is 1.47 bits per heavy atom. The molecule has 0 spiro atoms. The Balaban J connectivity index is 2.52. The SMILES string of the molecule is O=Cc1csc(-c2cc(Cl)ccc2F)n1. The van der Waals surface area contributed by atoms with Crippen molar-refractivity contribution in [3.8, 4) is 10.6 Å². The van der Waals surface area contributed by atoms with Gasteiger partial charge in [-0.25, -0.2) is 9.37 Å². The van der Waals surface area contributed by atoms with Crippen molar-refractivity contribution in [2.45, 2.75) is 0 Å². The van der Waals surface area contributed by atoms with E-state index in [1.165, 1.54) is 29.5 Å². The van der Waals surface area contributed by atoms with E-state index in [1.54, 1.807) is 5.38 Å². The van der Waals surface area contributed by atoms with Crippen LogP contribution in [0.5, 0.6) is 0 Å². The number of thiazole rings is 1. The first-order chi connectivity index (χ1) is 7.20. The second-order valence-corrected chi connectivity index (χ2v) is 4.11. The smallest absolute Gasteiger partial charge is 0.169 e. The van der Waals surface area contributed by atoms with E-state index >= 15 is 0 Å². The van der Waals surface area contributed by atoms with Gasteiger partial charge in [0.25, 0.3) is 0 Å². The molecule has 2 nitrogen and oxygen atoms in total. The molecule has 1 aromatic heterocycles. The number of benzene rings is 1. The molecule has 0 aliphatic carbocycles. The largest absolute Gasteiger partial charge is 0.296 e. The number of hydrogen-bond donors (Lipinski definition) is 0. The van der Waals surface area contributed by atoms with Crippen LogP contribution in [0.1, 0.15) is 10.5 Å². The number of carbonyl (C=O) groups is 1. The minimum Gasteiger partial charge on any atom is -0.296 e. The van der Waals surface area contributed by atoms with Gasteiger partial charge in [0, 0.05) is 16.0 Å². The highest BCUT2D eigenvalue weighted by atomic mass is 35.5. The van der Waals surface area contributed by atoms with Crippen LogP contribution in [0, 0.1) is 5.82 Å². The summed E-state index contributed by atoms with van der Waals surface area (Å²) in [5.74, 6) is -0.397. The molecule has 0 radical (unpaired) electrons. The van der Waals surface area contributed by atoms with Gasteiger partial charge in [-0.15, -0.1) is 11.3 Å². The molecule has 0 fully saturated rings. The van der Waals surface area contributed by atoms with Crippen molar-refractivity contribution < 1.29 is 9.18 Å². The fraction of sp³-hybridized carbons (Fsp3) is 0. The van der Waals surface area contributed by atoms with Gasteiger partial charge in [0.15, 0.2) is 6.29 Å². The molecule has 0 saturated heterocycles. The molecule has 0 saturated carbocycles. The van der Waals surface area contributed by atoms with E-state index in [1.807, 2.05) is 0 Å². The average molecular weight is 242 g/mol. The molecule has 1 aromatic carbocycles. The monoisotopic (exact) mass is 241 g/mol. The predicted molar refractivity (Wildman–Crippen MR) is 57.9 cm³/mol. The minimum absolute atomic E-state index is 0.300. The van der Waals surface area contributed by atoms with Crippen LogP contribution in [0.25, 0.3) is 10.6 Å². The van der Waals surface area contributed by atoms with Crippen molar-refractivity contribution >= 4 is 29.2 Å². The fourth-order valence-corrected chi connectivity index (χ4v) is 2.08. The highest BCUT2D eigenvalue weighted by Gasteiger charge is 2.09. The highest BCUT2D eigenvalue weighted by Crippen LogP contribution is 2.28. The zero-order valence-electron chi connectivity index (χ0n) is 7.41. The first kappa shape index (κ1) is 10.3. The Bertz CT molecular complexity index is 512. The molecule has 2 aromatic rings. The highest BCUT2D eigenvalue weighted by molar-refractivity contribution is 7.13. The van der Waals surface area contributed by atoms with Gasteiger partial charge in [-0.05, 0) is 18.2 Å². The van der Waals surface area contributed by atoms with Crippen LogP contribution >= 0.6 is 22.9 Å². The van der Waals surface area contributed by atoms with E-state index in [0.29, 0.717) is 27.6 Å². The van der Waals surface area contributed by atoms with Gasteiger partial charge in [-0.3, -0.25) is 4.79 Å². The Kier molecular flexibility index (Phi) is 2.79. The van der Waals surface area contributed by atoms with E-state index < -0.39 is 5.82 Å². The van der Waals surface area contributed by atoms with E-state index in [9.17, 15) is 9.18 Å². The standard InChI is InChI=1S/C10H5ClFNOS/c11-6-1-2-9(12)8(3-6)10-13-7(4-14)5-15-10/h1-5H. The maximum atomic E-state index is 13.4. The Morgan fingerprint density at radius 3 is 2.93 bits per heavy atom. The van der Waals surface area contributed by atoms with Gasteiger partial charge < -0.3 is 0 Å². The van der Waals surface area contributed by atoms with Gasteiger partial charge in [0.2, 0.25) is 0 Å². The Hall–Kier alpha value is -1.26. The molecule has 0 aliphatic rings. The molecule has 0 N–H and O–H groups in total. The van der Waals surface area contributed by atoms with Gasteiger partial charge in [0.1, 0.15) is 16.5 Å². The maximum absolute atomic E-state index is 13.4. The van der Waals surface area contributed by atoms with Crippen molar-refractivity contribution in [2.75, 3.05) is 0 Å². The summed E-state index contributed by atoms with van der Waals surface area (Å²) < 4.78 is 13.4. The number of aldehydes is 1. The van der Waals surface area contributed by atoms with Gasteiger partial charge in [-0.1, -0.05) is 11.6 Å². The normalized spacial score (nSPS) is 10.3. The number of carbonyl (C=O) groups excluding carboxylic acids is 1. The predicted octanol–water partition coefficient (Wildman–Crippen LogP) is 3.42. The van der Waals surface area contributed by atoms with Crippen molar-refractivity contribution in [1.29, 1.82) is 0 Å². The lowest BCUT2D eigenvalue weighted by Gasteiger charge is -1.98. The third kappa shape index (κ3) is 2.06. The van der Waals surface area contributed by atoms with Crippen LogP contribution in [-0.2, 0) is 0 Å². The molecule has 76 valence electrons. The van der Waals surface area contributed by atoms with Crippen molar-refractivity contribution in [2.24, 2.45) is 0 Å². The van der Waals surface area contributed by atoms with Crippen LogP contribution in [0.4, 0.5) is 4.39 Å². The second-order valence-electron chi connectivity index (χ2n) is 2.82. The van der Waals surface area contributed by atoms with E-state index in [-0.39, 0.29) is 0 Å². The molecule has 0 atom stereocenters. The molecule has 5 heteroatoms. The first-order valence-corrected chi connectivity index (χ1v) is 5.32. The third-order valence-corrected chi connectivity index (χ3v) is 2.93. The third-order valence-electron chi connectivity index (χ3n) is 1.80. The Morgan fingerprint density at radius 2 is 2.27 bits per heavy atom. The first-order valence-electron chi connectivity index (χ1n) is 4.07. The van der Waals surface area contributed by atoms with E-state index in [2.05, 4.69) is 4.98 Å². The summed E-state index contributed by atoms with van der Waals surface area (Å²) in [4.78, 5) is 14.4. The van der Waals surface area contributed by atoms with Gasteiger partial charge >= 0.3 is 0 Å². The van der Waals surface area contributed by atoms with E-state index in [0.717, 1.165) is 0 Å². The van der Waals surface area contributed by atoms with Gasteiger partial charge in [-0.2, -0.15) is 0 Å². The summed E-state index contributed by atoms with van der Waals surface area (Å²) >= 11 is 6.96. The minimum atomic E-state index is -0.397. The number of halogens is 2. The van der Waals surface area contributed by atoms with Crippen molar-refractivity contribution in [3.05, 3.63) is 40.1 Å². The number of nitrogens with zero attached hydrogens (tertiary/aromatic N) is 1. The number of hydrogen-bond acceptors (Lipinski definition) is 3. The molecule has 1 heterocycles. The molecule has 15 heavy (non-hydrogen) atoms. The summed E-state index contributed by atoms with van der Waals surface area (Å²) in [6.07, 6.45) is 0.627. The average Bonchev–Trinajstić information content (AvgIpc) is 2.70. The summed E-state index contributed by atoms with van der Waals surface area (Å²) in [5, 5.41) is 2.47. The van der Waals surface area contributed by atoms with Gasteiger partial charge in [0.05, 0.1) is 0 Å². The maximum Gasteiger partial charge on any atom is 0.169 e. The zero-order chi connectivity index (χ0) is 10.8. The molecule has 0 aliphatic heterocycles. The van der Waals surface area contributed by atoms with Crippen LogP contribution in [0.15, 0.2) is 23.6 Å². The van der Waals surface area contributed by atoms with Crippen LogP contribution in [-0.4, -0.2) is 11.3 Å². The second kappa shape index (κ2) is 4.08. The summed E-state index contributed by atoms with van der Waals surface area (Å²) in [7, 11) is 0. The van der Waals surface area contributed by atoms with E-state index in [4.69, 9.17) is 11.6 Å². The lowest BCUT2D eigenvalue weighted by molar-refractivity contribution is 0.111. The summed E-state index contributed by atoms with van der Waals surface area (Å²) in [5.41, 5.74) is 0.620. The zero-order valence-corrected chi connectivity index (χ0v) is 8.98. The summed E-state index contributed by atoms with van der Waals surface area (Å²) in [6.45, 7) is 0. The molecule has 0 bridgehead atoms. The molecule has 0 amide bonds.